The molecule has 0 fully saturated rings. The van der Waals surface area contributed by atoms with Crippen molar-refractivity contribution in [1.29, 1.82) is 0 Å². The van der Waals surface area contributed by atoms with E-state index in [4.69, 9.17) is 0 Å². The molecule has 0 aliphatic carbocycles. The Morgan fingerprint density at radius 3 is 2.80 bits per heavy atom. The van der Waals surface area contributed by atoms with Crippen LogP contribution < -0.4 is 10.6 Å². The molecule has 126 valence electrons. The lowest BCUT2D eigenvalue weighted by molar-refractivity contribution is -0.124. The van der Waals surface area contributed by atoms with E-state index < -0.39 is 11.2 Å². The van der Waals surface area contributed by atoms with Gasteiger partial charge in [0.2, 0.25) is 5.91 Å². The number of carbonyl (C=O) groups is 1. The van der Waals surface area contributed by atoms with Crippen LogP contribution in [-0.2, 0) is 11.2 Å². The number of amides is 1. The number of benzene rings is 2. The van der Waals surface area contributed by atoms with E-state index in [0.717, 1.165) is 16.5 Å². The van der Waals surface area contributed by atoms with Crippen LogP contribution >= 0.6 is 0 Å². The molecule has 25 heavy (non-hydrogen) atoms. The van der Waals surface area contributed by atoms with Crippen molar-refractivity contribution in [2.75, 3.05) is 10.6 Å². The van der Waals surface area contributed by atoms with Crippen LogP contribution in [0.4, 0.5) is 21.6 Å². The summed E-state index contributed by atoms with van der Waals surface area (Å²) in [6.45, 7) is 3.76. The minimum Gasteiger partial charge on any atom is -0.338 e. The van der Waals surface area contributed by atoms with Crippen molar-refractivity contribution in [2.45, 2.75) is 20.3 Å². The normalized spacial score (nSPS) is 15.6. The summed E-state index contributed by atoms with van der Waals surface area (Å²) in [5.41, 5.74) is 2.14. The third kappa shape index (κ3) is 2.82. The third-order valence-corrected chi connectivity index (χ3v) is 4.55. The fraction of sp³-hybridized carbons (Fsp3) is 0.200. The highest BCUT2D eigenvalue weighted by Crippen LogP contribution is 2.36. The van der Waals surface area contributed by atoms with Crippen molar-refractivity contribution in [2.24, 2.45) is 5.41 Å². The van der Waals surface area contributed by atoms with Gasteiger partial charge in [-0.25, -0.2) is 9.37 Å². The van der Waals surface area contributed by atoms with Crippen LogP contribution in [-0.4, -0.2) is 10.9 Å². The van der Waals surface area contributed by atoms with Crippen molar-refractivity contribution in [3.05, 3.63) is 59.9 Å². The molecule has 1 aliphatic rings. The van der Waals surface area contributed by atoms with Gasteiger partial charge < -0.3 is 10.6 Å². The van der Waals surface area contributed by atoms with Gasteiger partial charge in [-0.15, -0.1) is 0 Å². The average molecular weight is 335 g/mol. The number of halogens is 1. The van der Waals surface area contributed by atoms with Crippen LogP contribution in [0.3, 0.4) is 0 Å². The van der Waals surface area contributed by atoms with Crippen molar-refractivity contribution in [3.63, 3.8) is 0 Å². The predicted molar refractivity (Wildman–Crippen MR) is 97.5 cm³/mol. The molecule has 0 spiro atoms. The first kappa shape index (κ1) is 15.6. The van der Waals surface area contributed by atoms with E-state index in [2.05, 4.69) is 15.6 Å². The maximum Gasteiger partial charge on any atom is 0.230 e. The lowest BCUT2D eigenvalue weighted by Crippen LogP contribution is -2.37. The molecule has 4 nitrogen and oxygen atoms in total. The Morgan fingerprint density at radius 1 is 1.16 bits per heavy atom. The zero-order valence-electron chi connectivity index (χ0n) is 14.1. The maximum atomic E-state index is 14.5. The number of fused-ring (bicyclic) bond motifs is 2. The molecule has 1 aliphatic heterocycles. The quantitative estimate of drug-likeness (QED) is 0.717. The van der Waals surface area contributed by atoms with Gasteiger partial charge in [-0.3, -0.25) is 4.79 Å². The summed E-state index contributed by atoms with van der Waals surface area (Å²) in [6.07, 6.45) is 0.564. The summed E-state index contributed by atoms with van der Waals surface area (Å²) >= 11 is 0. The molecule has 2 N–H and O–H groups in total. The summed E-state index contributed by atoms with van der Waals surface area (Å²) in [6, 6.07) is 14.7. The van der Waals surface area contributed by atoms with Gasteiger partial charge in [0, 0.05) is 16.5 Å². The summed E-state index contributed by atoms with van der Waals surface area (Å²) < 4.78 is 14.5. The molecule has 0 radical (unpaired) electrons. The fourth-order valence-electron chi connectivity index (χ4n) is 3.10. The standard InChI is InChI=1S/C20H18FN3O/c1-20(2)11-13-9-17(14(21)10-16(13)24-19(20)25)23-18-8-7-12-5-3-4-6-15(12)22-18/h3-10H,11H2,1-2H3,(H,22,23)(H,24,25). The largest absolute Gasteiger partial charge is 0.338 e. The second-order valence-corrected chi connectivity index (χ2v) is 7.02. The van der Waals surface area contributed by atoms with Gasteiger partial charge in [0.15, 0.2) is 0 Å². The molecular weight excluding hydrogens is 317 g/mol. The number of anilines is 3. The first-order chi connectivity index (χ1) is 11.9. The zero-order chi connectivity index (χ0) is 17.6. The van der Waals surface area contributed by atoms with E-state index in [1.165, 1.54) is 6.07 Å². The molecule has 2 aromatic carbocycles. The first-order valence-corrected chi connectivity index (χ1v) is 8.19. The number of hydrogen-bond donors (Lipinski definition) is 2. The monoisotopic (exact) mass is 335 g/mol. The molecule has 3 aromatic rings. The van der Waals surface area contributed by atoms with Gasteiger partial charge in [-0.05, 0) is 42.3 Å². The molecule has 0 bridgehead atoms. The Morgan fingerprint density at radius 2 is 1.96 bits per heavy atom. The SMILES string of the molecule is CC1(C)Cc2cc(Nc3ccc4ccccc4n3)c(F)cc2NC1=O. The van der Waals surface area contributed by atoms with Crippen LogP contribution in [0.15, 0.2) is 48.5 Å². The lowest BCUT2D eigenvalue weighted by atomic mass is 9.81. The van der Waals surface area contributed by atoms with Gasteiger partial charge in [0.1, 0.15) is 11.6 Å². The Bertz CT molecular complexity index is 997. The lowest BCUT2D eigenvalue weighted by Gasteiger charge is -2.30. The van der Waals surface area contributed by atoms with Gasteiger partial charge in [-0.2, -0.15) is 0 Å². The highest BCUT2D eigenvalue weighted by Gasteiger charge is 2.34. The van der Waals surface area contributed by atoms with Crippen LogP contribution in [0.1, 0.15) is 19.4 Å². The summed E-state index contributed by atoms with van der Waals surface area (Å²) in [7, 11) is 0. The Labute approximate surface area is 145 Å². The van der Waals surface area contributed by atoms with Crippen molar-refractivity contribution in [1.82, 2.24) is 4.98 Å². The number of nitrogens with zero attached hydrogens (tertiary/aromatic N) is 1. The Kier molecular flexibility index (Phi) is 3.46. The first-order valence-electron chi connectivity index (χ1n) is 8.19. The van der Waals surface area contributed by atoms with Crippen LogP contribution in [0.5, 0.6) is 0 Å². The van der Waals surface area contributed by atoms with Gasteiger partial charge in [-0.1, -0.05) is 32.0 Å². The van der Waals surface area contributed by atoms with Crippen LogP contribution in [0.25, 0.3) is 10.9 Å². The third-order valence-electron chi connectivity index (χ3n) is 4.55. The molecule has 0 atom stereocenters. The van der Waals surface area contributed by atoms with Crippen molar-refractivity contribution < 1.29 is 9.18 Å². The minimum absolute atomic E-state index is 0.0868. The molecule has 2 heterocycles. The van der Waals surface area contributed by atoms with Crippen LogP contribution in [0, 0.1) is 11.2 Å². The number of aromatic nitrogens is 1. The topological polar surface area (TPSA) is 54.0 Å². The van der Waals surface area contributed by atoms with E-state index in [1.54, 1.807) is 6.07 Å². The van der Waals surface area contributed by atoms with Gasteiger partial charge in [0.25, 0.3) is 0 Å². The average Bonchev–Trinajstić information content (AvgIpc) is 2.57. The number of hydrogen-bond acceptors (Lipinski definition) is 3. The van der Waals surface area contributed by atoms with E-state index in [-0.39, 0.29) is 5.91 Å². The molecule has 0 saturated carbocycles. The molecular formula is C20H18FN3O. The minimum atomic E-state index is -0.511. The van der Waals surface area contributed by atoms with E-state index >= 15 is 0 Å². The molecule has 1 aromatic heterocycles. The highest BCUT2D eigenvalue weighted by atomic mass is 19.1. The van der Waals surface area contributed by atoms with E-state index in [1.807, 2.05) is 50.2 Å². The second-order valence-electron chi connectivity index (χ2n) is 7.02. The summed E-state index contributed by atoms with van der Waals surface area (Å²) in [5, 5.41) is 6.87. The zero-order valence-corrected chi connectivity index (χ0v) is 14.1. The maximum absolute atomic E-state index is 14.5. The number of carbonyl (C=O) groups excluding carboxylic acids is 1. The van der Waals surface area contributed by atoms with Crippen molar-refractivity contribution in [3.8, 4) is 0 Å². The van der Waals surface area contributed by atoms with E-state index in [9.17, 15) is 9.18 Å². The van der Waals surface area contributed by atoms with Gasteiger partial charge in [0.05, 0.1) is 11.2 Å². The smallest absolute Gasteiger partial charge is 0.230 e. The number of pyridine rings is 1. The molecule has 0 unspecified atom stereocenters. The molecule has 1 amide bonds. The van der Waals surface area contributed by atoms with Gasteiger partial charge >= 0.3 is 0 Å². The predicted octanol–water partition coefficient (Wildman–Crippen LogP) is 4.64. The number of rotatable bonds is 2. The number of para-hydroxylation sites is 1. The molecule has 0 saturated heterocycles. The molecule has 5 heteroatoms. The summed E-state index contributed by atoms with van der Waals surface area (Å²) in [4.78, 5) is 16.5. The fourth-order valence-corrected chi connectivity index (χ4v) is 3.10. The Hall–Kier alpha value is -2.95. The van der Waals surface area contributed by atoms with E-state index in [0.29, 0.717) is 23.6 Å². The Balaban J connectivity index is 1.69. The van der Waals surface area contributed by atoms with Crippen molar-refractivity contribution >= 4 is 34.0 Å². The highest BCUT2D eigenvalue weighted by molar-refractivity contribution is 5.98. The molecule has 4 rings (SSSR count). The van der Waals surface area contributed by atoms with Crippen LogP contribution in [0.2, 0.25) is 0 Å². The summed E-state index contributed by atoms with van der Waals surface area (Å²) in [5.74, 6) is 0.0710. The number of nitrogens with one attached hydrogen (secondary N) is 2. The second kappa shape index (κ2) is 5.55.